The van der Waals surface area contributed by atoms with Gasteiger partial charge < -0.3 is 19.5 Å². The number of carbonyl (C=O) groups excluding carboxylic acids is 1. The number of carbonyl (C=O) groups is 1. The molecule has 7 heteroatoms. The fourth-order valence-corrected chi connectivity index (χ4v) is 3.61. The Morgan fingerprint density at radius 3 is 2.34 bits per heavy atom. The van der Waals surface area contributed by atoms with E-state index < -0.39 is 0 Å². The average molecular weight is 510 g/mol. The molecule has 1 saturated heterocycles. The SMILES string of the molecule is CCNC(=NCCc1cc(C)cc(C)c1)N1CCN(C(=O)c2ccco2)CC1.I. The first-order valence-corrected chi connectivity index (χ1v) is 10.00. The Hall–Kier alpha value is -2.03. The quantitative estimate of drug-likeness (QED) is 0.380. The summed E-state index contributed by atoms with van der Waals surface area (Å²) in [4.78, 5) is 21.3. The van der Waals surface area contributed by atoms with Crippen molar-refractivity contribution in [3.05, 3.63) is 59.0 Å². The Balaban J connectivity index is 0.00000300. The minimum atomic E-state index is -0.0404. The molecule has 3 rings (SSSR count). The summed E-state index contributed by atoms with van der Waals surface area (Å²) in [6.45, 7) is 10.8. The minimum absolute atomic E-state index is 0. The number of benzene rings is 1. The van der Waals surface area contributed by atoms with Crippen LogP contribution >= 0.6 is 24.0 Å². The van der Waals surface area contributed by atoms with Gasteiger partial charge in [0, 0.05) is 39.3 Å². The van der Waals surface area contributed by atoms with Gasteiger partial charge in [-0.05, 0) is 44.9 Å². The first-order valence-electron chi connectivity index (χ1n) is 10.00. The summed E-state index contributed by atoms with van der Waals surface area (Å²) in [5, 5.41) is 3.39. The fraction of sp³-hybridized carbons (Fsp3) is 0.455. The van der Waals surface area contributed by atoms with Gasteiger partial charge in [-0.3, -0.25) is 9.79 Å². The van der Waals surface area contributed by atoms with Crippen molar-refractivity contribution in [3.8, 4) is 0 Å². The molecule has 1 aromatic heterocycles. The zero-order valence-electron chi connectivity index (χ0n) is 17.5. The largest absolute Gasteiger partial charge is 0.459 e. The summed E-state index contributed by atoms with van der Waals surface area (Å²) in [5.74, 6) is 1.29. The van der Waals surface area contributed by atoms with E-state index in [0.29, 0.717) is 18.8 Å². The first kappa shape index (κ1) is 23.3. The lowest BCUT2D eigenvalue weighted by atomic mass is 10.1. The van der Waals surface area contributed by atoms with E-state index in [1.807, 2.05) is 4.90 Å². The van der Waals surface area contributed by atoms with Crippen LogP contribution in [0, 0.1) is 13.8 Å². The van der Waals surface area contributed by atoms with Crippen molar-refractivity contribution in [1.82, 2.24) is 15.1 Å². The number of piperazine rings is 1. The molecule has 6 nitrogen and oxygen atoms in total. The van der Waals surface area contributed by atoms with Crippen molar-refractivity contribution in [2.24, 2.45) is 4.99 Å². The Bertz CT molecular complexity index is 792. The highest BCUT2D eigenvalue weighted by Crippen LogP contribution is 2.11. The standard InChI is InChI=1S/C22H30N4O2.HI/c1-4-23-22(24-8-7-19-15-17(2)14-18(3)16-19)26-11-9-25(10-12-26)21(27)20-6-5-13-28-20;/h5-6,13-16H,4,7-12H2,1-3H3,(H,23,24);1H. The van der Waals surface area contributed by atoms with Crippen LogP contribution in [-0.4, -0.2) is 60.9 Å². The van der Waals surface area contributed by atoms with Gasteiger partial charge in [0.25, 0.3) is 5.91 Å². The molecule has 1 aliphatic heterocycles. The molecule has 1 aromatic carbocycles. The van der Waals surface area contributed by atoms with Gasteiger partial charge in [-0.2, -0.15) is 0 Å². The van der Waals surface area contributed by atoms with Crippen LogP contribution < -0.4 is 5.32 Å². The maximum Gasteiger partial charge on any atom is 0.289 e. The number of rotatable bonds is 5. The minimum Gasteiger partial charge on any atom is -0.459 e. The van der Waals surface area contributed by atoms with Gasteiger partial charge in [0.1, 0.15) is 0 Å². The molecule has 0 saturated carbocycles. The van der Waals surface area contributed by atoms with E-state index in [1.54, 1.807) is 12.1 Å². The Morgan fingerprint density at radius 1 is 1.10 bits per heavy atom. The lowest BCUT2D eigenvalue weighted by Gasteiger charge is -2.36. The molecular weight excluding hydrogens is 479 g/mol. The van der Waals surface area contributed by atoms with Gasteiger partial charge in [-0.1, -0.05) is 29.3 Å². The van der Waals surface area contributed by atoms with Gasteiger partial charge in [0.2, 0.25) is 0 Å². The van der Waals surface area contributed by atoms with Crippen LogP contribution in [0.2, 0.25) is 0 Å². The number of nitrogens with one attached hydrogen (secondary N) is 1. The summed E-state index contributed by atoms with van der Waals surface area (Å²) < 4.78 is 5.23. The van der Waals surface area contributed by atoms with E-state index in [2.05, 4.69) is 49.2 Å². The molecule has 0 spiro atoms. The van der Waals surface area contributed by atoms with Crippen LogP contribution in [-0.2, 0) is 6.42 Å². The van der Waals surface area contributed by atoms with Crippen molar-refractivity contribution < 1.29 is 9.21 Å². The summed E-state index contributed by atoms with van der Waals surface area (Å²) in [6, 6.07) is 10.1. The number of aryl methyl sites for hydroxylation is 2. The third-order valence-electron chi connectivity index (χ3n) is 4.88. The fourth-order valence-electron chi connectivity index (χ4n) is 3.61. The van der Waals surface area contributed by atoms with Crippen LogP contribution in [0.4, 0.5) is 0 Å². The summed E-state index contributed by atoms with van der Waals surface area (Å²) in [5.41, 5.74) is 3.91. The van der Waals surface area contributed by atoms with Crippen molar-refractivity contribution in [3.63, 3.8) is 0 Å². The predicted molar refractivity (Wildman–Crippen MR) is 127 cm³/mol. The van der Waals surface area contributed by atoms with Crippen molar-refractivity contribution in [2.75, 3.05) is 39.3 Å². The molecule has 0 bridgehead atoms. The molecule has 1 amide bonds. The molecule has 0 unspecified atom stereocenters. The molecule has 1 fully saturated rings. The second-order valence-corrected chi connectivity index (χ2v) is 7.24. The van der Waals surface area contributed by atoms with Crippen molar-refractivity contribution in [1.29, 1.82) is 0 Å². The van der Waals surface area contributed by atoms with Crippen LogP contribution in [0.25, 0.3) is 0 Å². The molecule has 0 atom stereocenters. The molecule has 0 radical (unpaired) electrons. The van der Waals surface area contributed by atoms with Gasteiger partial charge >= 0.3 is 0 Å². The van der Waals surface area contributed by atoms with Crippen molar-refractivity contribution in [2.45, 2.75) is 27.2 Å². The number of nitrogens with zero attached hydrogens (tertiary/aromatic N) is 3. The van der Waals surface area contributed by atoms with E-state index in [-0.39, 0.29) is 29.9 Å². The number of furan rings is 1. The highest BCUT2D eigenvalue weighted by atomic mass is 127. The molecule has 2 heterocycles. The second kappa shape index (κ2) is 11.2. The normalized spacial score (nSPS) is 14.5. The first-order chi connectivity index (χ1) is 13.6. The highest BCUT2D eigenvalue weighted by molar-refractivity contribution is 14.0. The zero-order chi connectivity index (χ0) is 19.9. The third-order valence-corrected chi connectivity index (χ3v) is 4.88. The van der Waals surface area contributed by atoms with E-state index >= 15 is 0 Å². The molecular formula is C22H31IN4O2. The van der Waals surface area contributed by atoms with Crippen LogP contribution in [0.5, 0.6) is 0 Å². The van der Waals surface area contributed by atoms with Gasteiger partial charge in [0.15, 0.2) is 11.7 Å². The van der Waals surface area contributed by atoms with Gasteiger partial charge in [-0.15, -0.1) is 24.0 Å². The topological polar surface area (TPSA) is 61.1 Å². The highest BCUT2D eigenvalue weighted by Gasteiger charge is 2.25. The molecule has 1 N–H and O–H groups in total. The third kappa shape index (κ3) is 6.48. The number of halogens is 1. The maximum atomic E-state index is 12.4. The van der Waals surface area contributed by atoms with Crippen LogP contribution in [0.15, 0.2) is 46.0 Å². The number of aliphatic imine (C=N–C) groups is 1. The summed E-state index contributed by atoms with van der Waals surface area (Å²) in [6.07, 6.45) is 2.46. The second-order valence-electron chi connectivity index (χ2n) is 7.24. The molecule has 0 aliphatic carbocycles. The number of hydrogen-bond donors (Lipinski definition) is 1. The van der Waals surface area contributed by atoms with Gasteiger partial charge in [0.05, 0.1) is 6.26 Å². The molecule has 29 heavy (non-hydrogen) atoms. The molecule has 158 valence electrons. The number of hydrogen-bond acceptors (Lipinski definition) is 3. The lowest BCUT2D eigenvalue weighted by molar-refractivity contribution is 0.0657. The van der Waals surface area contributed by atoms with Crippen LogP contribution in [0.3, 0.4) is 0 Å². The van der Waals surface area contributed by atoms with E-state index in [4.69, 9.17) is 9.41 Å². The Labute approximate surface area is 190 Å². The monoisotopic (exact) mass is 510 g/mol. The van der Waals surface area contributed by atoms with E-state index in [1.165, 1.54) is 23.0 Å². The Morgan fingerprint density at radius 2 is 1.76 bits per heavy atom. The Kier molecular flexibility index (Phi) is 9.00. The van der Waals surface area contributed by atoms with Crippen molar-refractivity contribution >= 4 is 35.8 Å². The molecule has 2 aromatic rings. The predicted octanol–water partition coefficient (Wildman–Crippen LogP) is 3.48. The average Bonchev–Trinajstić information content (AvgIpc) is 3.21. The van der Waals surface area contributed by atoms with E-state index in [0.717, 1.165) is 38.6 Å². The smallest absolute Gasteiger partial charge is 0.289 e. The summed E-state index contributed by atoms with van der Waals surface area (Å²) >= 11 is 0. The maximum absolute atomic E-state index is 12.4. The van der Waals surface area contributed by atoms with Gasteiger partial charge in [-0.25, -0.2) is 0 Å². The lowest BCUT2D eigenvalue weighted by Crippen LogP contribution is -2.53. The summed E-state index contributed by atoms with van der Waals surface area (Å²) in [7, 11) is 0. The zero-order valence-corrected chi connectivity index (χ0v) is 19.8. The van der Waals surface area contributed by atoms with Crippen LogP contribution in [0.1, 0.15) is 34.2 Å². The molecule has 1 aliphatic rings. The van der Waals surface area contributed by atoms with E-state index in [9.17, 15) is 4.79 Å². The number of guanidine groups is 1. The number of amides is 1.